The number of hydrogen-bond donors (Lipinski definition) is 2. The lowest BCUT2D eigenvalue weighted by molar-refractivity contribution is -0.274. The van der Waals surface area contributed by atoms with Crippen molar-refractivity contribution in [2.45, 2.75) is 33.2 Å². The molecule has 0 aliphatic heterocycles. The lowest BCUT2D eigenvalue weighted by atomic mass is 10.1. The van der Waals surface area contributed by atoms with Crippen molar-refractivity contribution in [2.75, 3.05) is 17.2 Å². The van der Waals surface area contributed by atoms with Gasteiger partial charge >= 0.3 is 6.36 Å². The Bertz CT molecular complexity index is 689. The minimum Gasteiger partial charge on any atom is -0.406 e. The third kappa shape index (κ3) is 5.29. The predicted molar refractivity (Wildman–Crippen MR) is 87.1 cm³/mol. The number of halogens is 3. The summed E-state index contributed by atoms with van der Waals surface area (Å²) in [6.07, 6.45) is -4.73. The van der Waals surface area contributed by atoms with Gasteiger partial charge in [0.05, 0.1) is 5.69 Å². The van der Waals surface area contributed by atoms with Gasteiger partial charge in [0.1, 0.15) is 11.6 Å². The van der Waals surface area contributed by atoms with Crippen LogP contribution in [0.15, 0.2) is 30.3 Å². The highest BCUT2D eigenvalue weighted by Gasteiger charge is 2.31. The fraction of sp³-hybridized carbons (Fsp3) is 0.375. The van der Waals surface area contributed by atoms with Gasteiger partial charge in [-0.15, -0.1) is 13.2 Å². The number of nitrogens with one attached hydrogen (secondary N) is 2. The van der Waals surface area contributed by atoms with Crippen LogP contribution >= 0.6 is 0 Å². The molecule has 1 aromatic heterocycles. The van der Waals surface area contributed by atoms with E-state index < -0.39 is 6.36 Å². The van der Waals surface area contributed by atoms with E-state index in [9.17, 15) is 13.2 Å². The van der Waals surface area contributed by atoms with Crippen molar-refractivity contribution in [3.63, 3.8) is 0 Å². The van der Waals surface area contributed by atoms with Gasteiger partial charge in [-0.25, -0.2) is 4.98 Å². The molecular formula is C16H19F3N4O. The van der Waals surface area contributed by atoms with Crippen LogP contribution in [0.4, 0.5) is 24.9 Å². The summed E-state index contributed by atoms with van der Waals surface area (Å²) in [7, 11) is 0. The number of anilines is 2. The van der Waals surface area contributed by atoms with Crippen molar-refractivity contribution < 1.29 is 17.9 Å². The predicted octanol–water partition coefficient (Wildman–Crippen LogP) is 4.29. The standard InChI is InChI=1S/C16H19F3N4O/c1-4-20-14-9-13(22-15(23-14)21-10(2)3)11-6-5-7-12(8-11)24-16(17,18)19/h5-10H,4H2,1-3H3,(H2,20,21,22,23). The Kier molecular flexibility index (Phi) is 5.48. The lowest BCUT2D eigenvalue weighted by Crippen LogP contribution is -2.17. The van der Waals surface area contributed by atoms with Gasteiger partial charge in [-0.1, -0.05) is 12.1 Å². The number of rotatable bonds is 6. The SMILES string of the molecule is CCNc1cc(-c2cccc(OC(F)(F)F)c2)nc(NC(C)C)n1. The average Bonchev–Trinajstić information content (AvgIpc) is 2.45. The molecular weight excluding hydrogens is 321 g/mol. The Labute approximate surface area is 138 Å². The summed E-state index contributed by atoms with van der Waals surface area (Å²) in [5.74, 6) is 0.704. The van der Waals surface area contributed by atoms with E-state index in [-0.39, 0.29) is 11.8 Å². The van der Waals surface area contributed by atoms with Gasteiger partial charge in [0, 0.05) is 24.2 Å². The van der Waals surface area contributed by atoms with Gasteiger partial charge in [-0.05, 0) is 32.9 Å². The van der Waals surface area contributed by atoms with E-state index in [0.717, 1.165) is 0 Å². The van der Waals surface area contributed by atoms with Gasteiger partial charge < -0.3 is 15.4 Å². The van der Waals surface area contributed by atoms with Crippen LogP contribution in [0.5, 0.6) is 5.75 Å². The summed E-state index contributed by atoms with van der Waals surface area (Å²) < 4.78 is 41.1. The topological polar surface area (TPSA) is 59.1 Å². The largest absolute Gasteiger partial charge is 0.573 e. The molecule has 1 heterocycles. The van der Waals surface area contributed by atoms with E-state index in [0.29, 0.717) is 29.6 Å². The van der Waals surface area contributed by atoms with Gasteiger partial charge in [0.2, 0.25) is 5.95 Å². The highest BCUT2D eigenvalue weighted by atomic mass is 19.4. The quantitative estimate of drug-likeness (QED) is 0.821. The number of ether oxygens (including phenoxy) is 1. The first-order valence-electron chi connectivity index (χ1n) is 7.52. The second-order valence-electron chi connectivity index (χ2n) is 5.37. The summed E-state index contributed by atoms with van der Waals surface area (Å²) in [5.41, 5.74) is 1.00. The molecule has 130 valence electrons. The van der Waals surface area contributed by atoms with Gasteiger partial charge in [0.15, 0.2) is 0 Å². The highest BCUT2D eigenvalue weighted by Crippen LogP contribution is 2.28. The number of nitrogens with zero attached hydrogens (tertiary/aromatic N) is 2. The molecule has 2 N–H and O–H groups in total. The Morgan fingerprint density at radius 2 is 1.92 bits per heavy atom. The fourth-order valence-corrected chi connectivity index (χ4v) is 2.04. The average molecular weight is 340 g/mol. The maximum Gasteiger partial charge on any atom is 0.573 e. The number of hydrogen-bond acceptors (Lipinski definition) is 5. The van der Waals surface area contributed by atoms with Crippen LogP contribution in [0.1, 0.15) is 20.8 Å². The van der Waals surface area contributed by atoms with Crippen LogP contribution in [0.25, 0.3) is 11.3 Å². The molecule has 0 saturated heterocycles. The smallest absolute Gasteiger partial charge is 0.406 e. The van der Waals surface area contributed by atoms with Crippen LogP contribution in [-0.4, -0.2) is 28.9 Å². The van der Waals surface area contributed by atoms with Crippen LogP contribution in [0, 0.1) is 0 Å². The Hall–Kier alpha value is -2.51. The number of benzene rings is 1. The van der Waals surface area contributed by atoms with Crippen LogP contribution in [0.2, 0.25) is 0 Å². The van der Waals surface area contributed by atoms with Gasteiger partial charge in [0.25, 0.3) is 0 Å². The molecule has 0 fully saturated rings. The normalized spacial score (nSPS) is 11.5. The summed E-state index contributed by atoms with van der Waals surface area (Å²) in [4.78, 5) is 8.69. The lowest BCUT2D eigenvalue weighted by Gasteiger charge is -2.13. The Morgan fingerprint density at radius 3 is 2.54 bits per heavy atom. The minimum atomic E-state index is -4.73. The molecule has 2 rings (SSSR count). The highest BCUT2D eigenvalue weighted by molar-refractivity contribution is 5.65. The van der Waals surface area contributed by atoms with Crippen LogP contribution in [0.3, 0.4) is 0 Å². The molecule has 0 spiro atoms. The van der Waals surface area contributed by atoms with Crippen LogP contribution in [-0.2, 0) is 0 Å². The zero-order valence-corrected chi connectivity index (χ0v) is 13.6. The minimum absolute atomic E-state index is 0.120. The van der Waals surface area contributed by atoms with Crippen LogP contribution < -0.4 is 15.4 Å². The zero-order valence-electron chi connectivity index (χ0n) is 13.6. The Balaban J connectivity index is 2.39. The molecule has 0 bridgehead atoms. The molecule has 0 amide bonds. The molecule has 1 aromatic carbocycles. The van der Waals surface area contributed by atoms with E-state index >= 15 is 0 Å². The van der Waals surface area contributed by atoms with E-state index in [1.165, 1.54) is 18.2 Å². The third-order valence-electron chi connectivity index (χ3n) is 2.87. The first-order chi connectivity index (χ1) is 11.3. The summed E-state index contributed by atoms with van der Waals surface area (Å²) in [6, 6.07) is 7.50. The summed E-state index contributed by atoms with van der Waals surface area (Å²) in [5, 5.41) is 6.17. The van der Waals surface area contributed by atoms with E-state index in [4.69, 9.17) is 0 Å². The van der Waals surface area contributed by atoms with Crippen molar-refractivity contribution >= 4 is 11.8 Å². The van der Waals surface area contributed by atoms with Crippen molar-refractivity contribution in [3.05, 3.63) is 30.3 Å². The maximum absolute atomic E-state index is 12.4. The van der Waals surface area contributed by atoms with E-state index in [1.807, 2.05) is 20.8 Å². The fourth-order valence-electron chi connectivity index (χ4n) is 2.04. The maximum atomic E-state index is 12.4. The third-order valence-corrected chi connectivity index (χ3v) is 2.87. The van der Waals surface area contributed by atoms with Gasteiger partial charge in [-0.3, -0.25) is 0 Å². The molecule has 0 radical (unpaired) electrons. The zero-order chi connectivity index (χ0) is 17.7. The van der Waals surface area contributed by atoms with E-state index in [1.54, 1.807) is 12.1 Å². The molecule has 5 nitrogen and oxygen atoms in total. The van der Waals surface area contributed by atoms with E-state index in [2.05, 4.69) is 25.3 Å². The van der Waals surface area contributed by atoms with Gasteiger partial charge in [-0.2, -0.15) is 4.98 Å². The molecule has 0 unspecified atom stereocenters. The number of alkyl halides is 3. The number of aromatic nitrogens is 2. The molecule has 0 aliphatic rings. The van der Waals surface area contributed by atoms with Crippen molar-refractivity contribution in [1.29, 1.82) is 0 Å². The molecule has 24 heavy (non-hydrogen) atoms. The molecule has 0 aliphatic carbocycles. The molecule has 8 heteroatoms. The monoisotopic (exact) mass is 340 g/mol. The van der Waals surface area contributed by atoms with Crippen molar-refractivity contribution in [1.82, 2.24) is 9.97 Å². The second kappa shape index (κ2) is 7.37. The molecule has 2 aromatic rings. The Morgan fingerprint density at radius 1 is 1.17 bits per heavy atom. The summed E-state index contributed by atoms with van der Waals surface area (Å²) in [6.45, 7) is 6.48. The first kappa shape index (κ1) is 17.8. The van der Waals surface area contributed by atoms with Crippen molar-refractivity contribution in [2.24, 2.45) is 0 Å². The van der Waals surface area contributed by atoms with Crippen molar-refractivity contribution in [3.8, 4) is 17.0 Å². The molecule has 0 saturated carbocycles. The summed E-state index contributed by atoms with van der Waals surface area (Å²) >= 11 is 0. The first-order valence-corrected chi connectivity index (χ1v) is 7.52. The second-order valence-corrected chi connectivity index (χ2v) is 5.37. The molecule has 0 atom stereocenters.